The van der Waals surface area contributed by atoms with E-state index in [4.69, 9.17) is 4.74 Å². The van der Waals surface area contributed by atoms with Crippen LogP contribution in [0.3, 0.4) is 0 Å². The van der Waals surface area contributed by atoms with Gasteiger partial charge < -0.3 is 10.1 Å². The van der Waals surface area contributed by atoms with Crippen molar-refractivity contribution in [2.24, 2.45) is 0 Å². The predicted octanol–water partition coefficient (Wildman–Crippen LogP) is 3.40. The van der Waals surface area contributed by atoms with Gasteiger partial charge in [-0.05, 0) is 13.8 Å². The molecule has 1 amide bonds. The Bertz CT molecular complexity index is 956. The van der Waals surface area contributed by atoms with Gasteiger partial charge in [-0.25, -0.2) is 4.79 Å². The molecule has 1 N–H and O–H groups in total. The highest BCUT2D eigenvalue weighted by Gasteiger charge is 2.41. The Balaban J connectivity index is 2.62. The normalized spacial score (nSPS) is 11.2. The first kappa shape index (κ1) is 20.6. The van der Waals surface area contributed by atoms with Crippen LogP contribution in [0.1, 0.15) is 18.2 Å². The number of carbonyl (C=O) groups is 1. The lowest BCUT2D eigenvalue weighted by Gasteiger charge is -2.12. The second kappa shape index (κ2) is 7.50. The van der Waals surface area contributed by atoms with Crippen molar-refractivity contribution in [2.75, 3.05) is 6.54 Å². The molecule has 1 heterocycles. The maximum absolute atomic E-state index is 13.3. The number of benzene rings is 1. The van der Waals surface area contributed by atoms with E-state index in [1.54, 1.807) is 6.92 Å². The first-order valence-electron chi connectivity index (χ1n) is 7.52. The summed E-state index contributed by atoms with van der Waals surface area (Å²) in [5, 5.41) is 28.1. The van der Waals surface area contributed by atoms with Crippen LogP contribution in [0.2, 0.25) is 0 Å². The monoisotopic (exact) mass is 403 g/mol. The summed E-state index contributed by atoms with van der Waals surface area (Å²) in [5.41, 5.74) is -3.94. The van der Waals surface area contributed by atoms with Crippen LogP contribution in [0, 0.1) is 27.2 Å². The van der Waals surface area contributed by atoms with Crippen molar-refractivity contribution < 1.29 is 32.5 Å². The lowest BCUT2D eigenvalue weighted by molar-refractivity contribution is -0.395. The summed E-state index contributed by atoms with van der Waals surface area (Å²) in [7, 11) is 0. The van der Waals surface area contributed by atoms with Gasteiger partial charge in [-0.3, -0.25) is 20.2 Å². The molecule has 0 aliphatic rings. The predicted molar refractivity (Wildman–Crippen MR) is 86.3 cm³/mol. The Hall–Kier alpha value is -3.71. The molecule has 0 bridgehead atoms. The van der Waals surface area contributed by atoms with Gasteiger partial charge in [0, 0.05) is 18.7 Å². The molecule has 1 aromatic carbocycles. The summed E-state index contributed by atoms with van der Waals surface area (Å²) in [6.07, 6.45) is -5.19. The van der Waals surface area contributed by atoms with Gasteiger partial charge >= 0.3 is 17.9 Å². The number of hydrogen-bond donors (Lipinski definition) is 1. The fourth-order valence-electron chi connectivity index (χ4n) is 2.19. The van der Waals surface area contributed by atoms with E-state index in [-0.39, 0.29) is 18.3 Å². The fourth-order valence-corrected chi connectivity index (χ4v) is 2.19. The number of nitrogens with one attached hydrogen (secondary N) is 1. The number of hydrogen-bond acceptors (Lipinski definition) is 7. The molecule has 1 aromatic heterocycles. The van der Waals surface area contributed by atoms with Crippen LogP contribution in [0.25, 0.3) is 0 Å². The summed E-state index contributed by atoms with van der Waals surface area (Å²) >= 11 is 0. The van der Waals surface area contributed by atoms with Crippen LogP contribution >= 0.6 is 0 Å². The molecular weight excluding hydrogens is 391 g/mol. The number of amides is 1. The maximum atomic E-state index is 13.3. The van der Waals surface area contributed by atoms with E-state index in [0.29, 0.717) is 6.07 Å². The Morgan fingerprint density at radius 1 is 1.25 bits per heavy atom. The smallest absolute Gasteiger partial charge is 0.420 e. The number of ether oxygens (including phenoxy) is 1. The zero-order chi connectivity index (χ0) is 21.2. The van der Waals surface area contributed by atoms with Crippen LogP contribution < -0.4 is 10.1 Å². The number of aryl methyl sites for hydroxylation is 1. The molecular formula is C14H12F3N5O6. The topological polar surface area (TPSA) is 142 Å². The summed E-state index contributed by atoms with van der Waals surface area (Å²) in [6, 6.07) is 0.860. The average Bonchev–Trinajstić information content (AvgIpc) is 2.94. The van der Waals surface area contributed by atoms with E-state index in [1.807, 2.05) is 0 Å². The minimum absolute atomic E-state index is 0.121. The number of non-ortho nitro benzene ring substituents is 1. The number of halogens is 3. The largest absolute Gasteiger partial charge is 0.430 e. The second-order valence-electron chi connectivity index (χ2n) is 5.33. The minimum Gasteiger partial charge on any atom is -0.430 e. The van der Waals surface area contributed by atoms with E-state index in [2.05, 4.69) is 10.4 Å². The summed E-state index contributed by atoms with van der Waals surface area (Å²) in [5.74, 6) is -1.81. The summed E-state index contributed by atoms with van der Waals surface area (Å²) in [6.45, 7) is 3.29. The quantitative estimate of drug-likeness (QED) is 0.595. The van der Waals surface area contributed by atoms with Gasteiger partial charge in [0.05, 0.1) is 21.6 Å². The molecule has 0 saturated carbocycles. The number of aromatic nitrogens is 2. The molecule has 0 aliphatic heterocycles. The SMILES string of the molecule is CCNC(=O)n1nc(Oc2c([N+](=O)[O-])cc([N+](=O)[O-])cc2C(F)(F)F)cc1C. The molecule has 0 aliphatic carbocycles. The van der Waals surface area contributed by atoms with Crippen molar-refractivity contribution in [2.45, 2.75) is 20.0 Å². The van der Waals surface area contributed by atoms with Crippen LogP contribution in [0.5, 0.6) is 11.6 Å². The van der Waals surface area contributed by atoms with E-state index in [0.717, 1.165) is 10.7 Å². The van der Waals surface area contributed by atoms with Crippen molar-refractivity contribution in [1.82, 2.24) is 15.1 Å². The third kappa shape index (κ3) is 4.16. The van der Waals surface area contributed by atoms with Crippen LogP contribution in [0.15, 0.2) is 18.2 Å². The number of alkyl halides is 3. The van der Waals surface area contributed by atoms with Gasteiger partial charge in [0.1, 0.15) is 5.56 Å². The first-order chi connectivity index (χ1) is 13.0. The van der Waals surface area contributed by atoms with Crippen LogP contribution in [0.4, 0.5) is 29.3 Å². The Morgan fingerprint density at radius 3 is 2.39 bits per heavy atom. The molecule has 28 heavy (non-hydrogen) atoms. The van der Waals surface area contributed by atoms with Crippen molar-refractivity contribution in [3.8, 4) is 11.6 Å². The molecule has 14 heteroatoms. The van der Waals surface area contributed by atoms with Gasteiger partial charge in [0.15, 0.2) is 0 Å². The molecule has 2 aromatic rings. The van der Waals surface area contributed by atoms with E-state index >= 15 is 0 Å². The van der Waals surface area contributed by atoms with Crippen molar-refractivity contribution in [1.29, 1.82) is 0 Å². The van der Waals surface area contributed by atoms with E-state index in [9.17, 15) is 38.2 Å². The zero-order valence-corrected chi connectivity index (χ0v) is 14.3. The van der Waals surface area contributed by atoms with Gasteiger partial charge in [-0.1, -0.05) is 0 Å². The highest BCUT2D eigenvalue weighted by molar-refractivity contribution is 5.76. The van der Waals surface area contributed by atoms with Gasteiger partial charge in [0.25, 0.3) is 5.69 Å². The molecule has 0 saturated heterocycles. The first-order valence-corrected chi connectivity index (χ1v) is 7.52. The van der Waals surface area contributed by atoms with E-state index in [1.165, 1.54) is 6.92 Å². The van der Waals surface area contributed by atoms with Crippen molar-refractivity contribution in [3.05, 3.63) is 49.7 Å². The fraction of sp³-hybridized carbons (Fsp3) is 0.286. The third-order valence-corrected chi connectivity index (χ3v) is 3.36. The Kier molecular flexibility index (Phi) is 5.51. The molecule has 0 spiro atoms. The highest BCUT2D eigenvalue weighted by atomic mass is 19.4. The standard InChI is InChI=1S/C14H12F3N5O6/c1-3-18-13(23)20-7(2)4-11(19-20)28-12-9(14(15,16)17)5-8(21(24)25)6-10(12)22(26)27/h4-6H,3H2,1-2H3,(H,18,23). The molecule has 0 radical (unpaired) electrons. The Morgan fingerprint density at radius 2 is 1.89 bits per heavy atom. The van der Waals surface area contributed by atoms with Gasteiger partial charge in [-0.2, -0.15) is 17.9 Å². The number of nitrogens with zero attached hydrogens (tertiary/aromatic N) is 4. The molecule has 2 rings (SSSR count). The minimum atomic E-state index is -5.19. The van der Waals surface area contributed by atoms with Crippen molar-refractivity contribution in [3.63, 3.8) is 0 Å². The third-order valence-electron chi connectivity index (χ3n) is 3.36. The summed E-state index contributed by atoms with van der Waals surface area (Å²) < 4.78 is 45.8. The molecule has 0 unspecified atom stereocenters. The number of rotatable bonds is 5. The van der Waals surface area contributed by atoms with E-state index < -0.39 is 50.6 Å². The lowest BCUT2D eigenvalue weighted by Crippen LogP contribution is -2.29. The van der Waals surface area contributed by atoms with Crippen LogP contribution in [-0.4, -0.2) is 32.2 Å². The van der Waals surface area contributed by atoms with Gasteiger partial charge in [-0.15, -0.1) is 5.10 Å². The molecule has 150 valence electrons. The average molecular weight is 403 g/mol. The number of carbonyl (C=O) groups excluding carboxylic acids is 1. The summed E-state index contributed by atoms with van der Waals surface area (Å²) in [4.78, 5) is 31.4. The lowest BCUT2D eigenvalue weighted by atomic mass is 10.1. The molecule has 11 nitrogen and oxygen atoms in total. The number of nitro benzene ring substituents is 2. The molecule has 0 atom stereocenters. The number of nitro groups is 2. The van der Waals surface area contributed by atoms with Crippen LogP contribution in [-0.2, 0) is 6.18 Å². The van der Waals surface area contributed by atoms with Crippen molar-refractivity contribution >= 4 is 17.4 Å². The molecule has 0 fully saturated rings. The highest BCUT2D eigenvalue weighted by Crippen LogP contribution is 2.45. The maximum Gasteiger partial charge on any atom is 0.420 e. The van der Waals surface area contributed by atoms with Gasteiger partial charge in [0.2, 0.25) is 11.6 Å². The zero-order valence-electron chi connectivity index (χ0n) is 14.3. The Labute approximate surface area is 154 Å². The second-order valence-corrected chi connectivity index (χ2v) is 5.33.